The summed E-state index contributed by atoms with van der Waals surface area (Å²) in [6.07, 6.45) is 5.09. The smallest absolute Gasteiger partial charge is 0.282 e. The van der Waals surface area contributed by atoms with Crippen LogP contribution in [0.4, 0.5) is 0 Å². The van der Waals surface area contributed by atoms with Crippen LogP contribution in [0.5, 0.6) is 0 Å². The molecule has 0 aromatic heterocycles. The van der Waals surface area contributed by atoms with Gasteiger partial charge in [-0.05, 0) is 38.5 Å². The zero-order valence-corrected chi connectivity index (χ0v) is 14.1. The number of halogens is 1. The number of hydrogen-bond acceptors (Lipinski definition) is 3. The minimum absolute atomic E-state index is 0. The minimum Gasteiger partial charge on any atom is -0.329 e. The molecule has 0 radical (unpaired) electrons. The lowest BCUT2D eigenvalue weighted by Gasteiger charge is -2.43. The van der Waals surface area contributed by atoms with Crippen LogP contribution in [0.1, 0.15) is 46.0 Å². The predicted octanol–water partition coefficient (Wildman–Crippen LogP) is 1.59. The molecule has 0 aliphatic carbocycles. The van der Waals surface area contributed by atoms with Gasteiger partial charge in [-0.1, -0.05) is 13.3 Å². The first-order valence-corrected chi connectivity index (χ1v) is 8.87. The summed E-state index contributed by atoms with van der Waals surface area (Å²) in [6.45, 7) is 5.83. The molecule has 0 saturated carbocycles. The average molecular weight is 326 g/mol. The van der Waals surface area contributed by atoms with Crippen LogP contribution in [0.25, 0.3) is 0 Å². The second-order valence-corrected chi connectivity index (χ2v) is 7.83. The molecule has 0 aromatic rings. The van der Waals surface area contributed by atoms with Crippen molar-refractivity contribution in [2.24, 2.45) is 11.7 Å². The Kier molecular flexibility index (Phi) is 6.73. The molecule has 2 fully saturated rings. The highest BCUT2D eigenvalue weighted by molar-refractivity contribution is 7.86. The van der Waals surface area contributed by atoms with Crippen molar-refractivity contribution < 1.29 is 8.42 Å². The van der Waals surface area contributed by atoms with Crippen molar-refractivity contribution in [1.29, 1.82) is 0 Å². The number of piperidine rings is 2. The van der Waals surface area contributed by atoms with Gasteiger partial charge in [0.05, 0.1) is 0 Å². The maximum atomic E-state index is 12.9. The first kappa shape index (κ1) is 18.2. The molecule has 0 spiro atoms. The van der Waals surface area contributed by atoms with Crippen molar-refractivity contribution in [3.63, 3.8) is 0 Å². The van der Waals surface area contributed by atoms with Crippen LogP contribution in [0.2, 0.25) is 0 Å². The van der Waals surface area contributed by atoms with E-state index < -0.39 is 10.2 Å². The van der Waals surface area contributed by atoms with Crippen LogP contribution in [0.3, 0.4) is 0 Å². The summed E-state index contributed by atoms with van der Waals surface area (Å²) < 4.78 is 29.1. The van der Waals surface area contributed by atoms with E-state index in [1.165, 1.54) is 0 Å². The molecule has 3 atom stereocenters. The summed E-state index contributed by atoms with van der Waals surface area (Å²) in [5.74, 6) is 0.355. The van der Waals surface area contributed by atoms with Crippen LogP contribution in [-0.2, 0) is 10.2 Å². The van der Waals surface area contributed by atoms with Gasteiger partial charge < -0.3 is 5.73 Å². The van der Waals surface area contributed by atoms with E-state index >= 15 is 0 Å². The number of nitrogens with two attached hydrogens (primary N) is 1. The molecule has 7 heteroatoms. The second kappa shape index (κ2) is 7.40. The van der Waals surface area contributed by atoms with Crippen LogP contribution in [-0.4, -0.2) is 48.7 Å². The zero-order valence-electron chi connectivity index (χ0n) is 12.5. The largest absolute Gasteiger partial charge is 0.329 e. The molecule has 120 valence electrons. The lowest BCUT2D eigenvalue weighted by Crippen LogP contribution is -2.57. The van der Waals surface area contributed by atoms with Crippen LogP contribution >= 0.6 is 12.4 Å². The summed E-state index contributed by atoms with van der Waals surface area (Å²) in [4.78, 5) is 0. The van der Waals surface area contributed by atoms with E-state index in [9.17, 15) is 8.42 Å². The van der Waals surface area contributed by atoms with Gasteiger partial charge in [-0.15, -0.1) is 12.4 Å². The SMILES string of the molecule is CC1CCCN(S(=O)(=O)N2CCCCC2C)C1CN.Cl. The third-order valence-electron chi connectivity index (χ3n) is 4.64. The average Bonchev–Trinajstić information content (AvgIpc) is 2.38. The molecule has 2 aliphatic rings. The van der Waals surface area contributed by atoms with Crippen LogP contribution < -0.4 is 5.73 Å². The van der Waals surface area contributed by atoms with E-state index in [4.69, 9.17) is 5.73 Å². The van der Waals surface area contributed by atoms with E-state index in [-0.39, 0.29) is 24.5 Å². The topological polar surface area (TPSA) is 66.6 Å². The van der Waals surface area contributed by atoms with Gasteiger partial charge in [0.1, 0.15) is 0 Å². The molecule has 2 N–H and O–H groups in total. The molecule has 0 aromatic carbocycles. The second-order valence-electron chi connectivity index (χ2n) is 6.00. The Morgan fingerprint density at radius 1 is 1.05 bits per heavy atom. The Morgan fingerprint density at radius 2 is 1.70 bits per heavy atom. The predicted molar refractivity (Wildman–Crippen MR) is 84.1 cm³/mol. The van der Waals surface area contributed by atoms with Crippen molar-refractivity contribution in [3.8, 4) is 0 Å². The van der Waals surface area contributed by atoms with Crippen molar-refractivity contribution in [3.05, 3.63) is 0 Å². The van der Waals surface area contributed by atoms with E-state index in [2.05, 4.69) is 6.92 Å². The highest BCUT2D eigenvalue weighted by Gasteiger charge is 2.40. The number of nitrogens with zero attached hydrogens (tertiary/aromatic N) is 2. The van der Waals surface area contributed by atoms with Gasteiger partial charge >= 0.3 is 0 Å². The van der Waals surface area contributed by atoms with E-state index in [0.29, 0.717) is 25.6 Å². The van der Waals surface area contributed by atoms with Gasteiger partial charge in [0.15, 0.2) is 0 Å². The summed E-state index contributed by atoms with van der Waals surface area (Å²) in [6, 6.07) is 0.0854. The first-order valence-electron chi connectivity index (χ1n) is 7.47. The number of hydrogen-bond donors (Lipinski definition) is 1. The molecule has 2 aliphatic heterocycles. The summed E-state index contributed by atoms with van der Waals surface area (Å²) in [5, 5.41) is 0. The van der Waals surface area contributed by atoms with Crippen molar-refractivity contribution in [2.75, 3.05) is 19.6 Å². The van der Waals surface area contributed by atoms with Gasteiger partial charge in [-0.25, -0.2) is 0 Å². The molecule has 5 nitrogen and oxygen atoms in total. The van der Waals surface area contributed by atoms with E-state index in [1.54, 1.807) is 8.61 Å². The van der Waals surface area contributed by atoms with Crippen LogP contribution in [0, 0.1) is 5.92 Å². The standard InChI is InChI=1S/C13H27N3O2S.ClH/c1-11-6-5-9-16(13(11)10-14)19(17,18)15-8-4-3-7-12(15)2;/h11-13H,3-10,14H2,1-2H3;1H. The Morgan fingerprint density at radius 3 is 2.30 bits per heavy atom. The fraction of sp³-hybridized carbons (Fsp3) is 1.00. The lowest BCUT2D eigenvalue weighted by atomic mass is 9.93. The monoisotopic (exact) mass is 325 g/mol. The highest BCUT2D eigenvalue weighted by atomic mass is 35.5. The Labute approximate surface area is 129 Å². The van der Waals surface area contributed by atoms with Gasteiger partial charge in [-0.2, -0.15) is 17.0 Å². The maximum absolute atomic E-state index is 12.9. The third-order valence-corrected chi connectivity index (χ3v) is 6.82. The van der Waals surface area contributed by atoms with Crippen LogP contribution in [0.15, 0.2) is 0 Å². The first-order chi connectivity index (χ1) is 8.98. The van der Waals surface area contributed by atoms with Crippen molar-refractivity contribution in [1.82, 2.24) is 8.61 Å². The molecule has 3 unspecified atom stereocenters. The molecule has 2 rings (SSSR count). The Balaban J connectivity index is 0.00000200. The molecule has 0 amide bonds. The molecule has 2 saturated heterocycles. The minimum atomic E-state index is -3.34. The Bertz CT molecular complexity index is 404. The van der Waals surface area contributed by atoms with E-state index in [1.807, 2.05) is 6.92 Å². The summed E-state index contributed by atoms with van der Waals surface area (Å²) in [7, 11) is -3.34. The number of rotatable bonds is 3. The molecule has 2 heterocycles. The summed E-state index contributed by atoms with van der Waals surface area (Å²) >= 11 is 0. The van der Waals surface area contributed by atoms with Gasteiger partial charge in [0.25, 0.3) is 10.2 Å². The van der Waals surface area contributed by atoms with Gasteiger partial charge in [0.2, 0.25) is 0 Å². The third kappa shape index (κ3) is 3.47. The molecule has 20 heavy (non-hydrogen) atoms. The highest BCUT2D eigenvalue weighted by Crippen LogP contribution is 2.29. The molecular weight excluding hydrogens is 298 g/mol. The fourth-order valence-corrected chi connectivity index (χ4v) is 5.58. The lowest BCUT2D eigenvalue weighted by molar-refractivity contribution is 0.166. The quantitative estimate of drug-likeness (QED) is 0.856. The fourth-order valence-electron chi connectivity index (χ4n) is 3.40. The molecule has 0 bridgehead atoms. The van der Waals surface area contributed by atoms with Crippen molar-refractivity contribution in [2.45, 2.75) is 58.0 Å². The molecular formula is C13H28ClN3O2S. The summed E-state index contributed by atoms with van der Waals surface area (Å²) in [5.41, 5.74) is 5.82. The van der Waals surface area contributed by atoms with Gasteiger partial charge in [0, 0.05) is 31.7 Å². The normalized spacial score (nSPS) is 33.6. The van der Waals surface area contributed by atoms with E-state index in [0.717, 1.165) is 32.1 Å². The van der Waals surface area contributed by atoms with Crippen molar-refractivity contribution >= 4 is 22.6 Å². The zero-order chi connectivity index (χ0) is 14.0. The Hall–Kier alpha value is 0.120. The maximum Gasteiger partial charge on any atom is 0.282 e. The van der Waals surface area contributed by atoms with Gasteiger partial charge in [-0.3, -0.25) is 0 Å².